The number of aliphatic hydroxyl groups is 1. The van der Waals surface area contributed by atoms with Gasteiger partial charge in [0.05, 0.1) is 26.4 Å². The van der Waals surface area contributed by atoms with Crippen LogP contribution in [0.2, 0.25) is 0 Å². The number of phosphoric acid groups is 2. The molecule has 0 aliphatic rings. The number of allylic oxidation sites excluding steroid dienone is 4. The van der Waals surface area contributed by atoms with Crippen LogP contribution in [0.15, 0.2) is 24.3 Å². The molecule has 0 bridgehead atoms. The predicted octanol–water partition coefficient (Wildman–Crippen LogP) is 22.1. The highest BCUT2D eigenvalue weighted by Gasteiger charge is 2.30. The van der Waals surface area contributed by atoms with Crippen LogP contribution < -0.4 is 0 Å². The van der Waals surface area contributed by atoms with Gasteiger partial charge in [0.1, 0.15) is 19.3 Å². The summed E-state index contributed by atoms with van der Waals surface area (Å²) in [7, 11) is -9.93. The molecule has 0 aromatic heterocycles. The lowest BCUT2D eigenvalue weighted by molar-refractivity contribution is -0.161. The molecule has 0 aromatic rings. The quantitative estimate of drug-likeness (QED) is 0.0169. The van der Waals surface area contributed by atoms with Crippen molar-refractivity contribution < 1.29 is 80.2 Å². The molecule has 19 heteroatoms. The first-order valence-corrected chi connectivity index (χ1v) is 42.2. The second-order valence-corrected chi connectivity index (χ2v) is 30.9. The van der Waals surface area contributed by atoms with Gasteiger partial charge in [-0.25, -0.2) is 9.13 Å². The van der Waals surface area contributed by atoms with Crippen LogP contribution in [0.3, 0.4) is 0 Å². The van der Waals surface area contributed by atoms with Gasteiger partial charge in [-0.15, -0.1) is 0 Å². The van der Waals surface area contributed by atoms with Crippen LogP contribution in [-0.2, 0) is 65.4 Å². The van der Waals surface area contributed by atoms with E-state index in [-0.39, 0.29) is 25.7 Å². The summed E-state index contributed by atoms with van der Waals surface area (Å²) in [6.07, 6.45) is 56.3. The smallest absolute Gasteiger partial charge is 0.462 e. The SMILES string of the molecule is CCCCCC/C=C\C=C/CCCCCCCC(=O)O[C@H](COC(=O)CCCCCCCCCCCCCCCCCCC(C)C)COP(=O)(O)OC[C@@H](O)COP(=O)(O)OC[C@@H](COC(=O)CCCCCCCCC(C)CC)OC(=O)CCCCCCCCCCC(C)CC. The Hall–Kier alpha value is -2.46. The normalized spacial score (nSPS) is 14.8. The fourth-order valence-corrected chi connectivity index (χ4v) is 12.8. The van der Waals surface area contributed by atoms with E-state index in [2.05, 4.69) is 72.8 Å². The Kier molecular flexibility index (Phi) is 65.3. The van der Waals surface area contributed by atoms with Crippen LogP contribution in [0, 0.1) is 17.8 Å². The molecule has 3 N–H and O–H groups in total. The lowest BCUT2D eigenvalue weighted by atomic mass is 9.99. The largest absolute Gasteiger partial charge is 0.472 e. The molecule has 0 heterocycles. The number of carbonyl (C=O) groups excluding carboxylic acids is 4. The van der Waals surface area contributed by atoms with Gasteiger partial charge in [-0.3, -0.25) is 37.3 Å². The molecule has 0 aromatic carbocycles. The summed E-state index contributed by atoms with van der Waals surface area (Å²) in [5.41, 5.74) is 0. The second-order valence-electron chi connectivity index (χ2n) is 28.0. The van der Waals surface area contributed by atoms with Crippen LogP contribution >= 0.6 is 15.6 Å². The number of hydrogen-bond acceptors (Lipinski definition) is 15. The third-order valence-corrected chi connectivity index (χ3v) is 19.9. The number of unbranched alkanes of at least 4 members (excludes halogenated alkanes) is 36. The molecule has 0 amide bonds. The van der Waals surface area contributed by atoms with Gasteiger partial charge < -0.3 is 33.8 Å². The van der Waals surface area contributed by atoms with Gasteiger partial charge in [0.2, 0.25) is 0 Å². The second kappa shape index (κ2) is 67.1. The third-order valence-electron chi connectivity index (χ3n) is 18.0. The van der Waals surface area contributed by atoms with Crippen molar-refractivity contribution >= 4 is 39.5 Å². The molecule has 0 saturated heterocycles. The summed E-state index contributed by atoms with van der Waals surface area (Å²) in [6, 6.07) is 0. The van der Waals surface area contributed by atoms with E-state index in [1.54, 1.807) is 0 Å². The molecule has 4 unspecified atom stereocenters. The van der Waals surface area contributed by atoms with Gasteiger partial charge in [-0.2, -0.15) is 0 Å². The molecule has 0 spiro atoms. The van der Waals surface area contributed by atoms with Gasteiger partial charge >= 0.3 is 39.5 Å². The topological polar surface area (TPSA) is 237 Å². The standard InChI is InChI=1S/C77H146O17P2/c1-8-11-12-13-14-15-16-17-20-25-28-31-37-46-53-60-76(81)93-72(64-87-74(79)58-51-44-36-30-27-24-22-19-18-21-23-26-29-34-41-48-55-68(4)5)66-91-95(83,84)89-62-71(78)63-90-96(85,86)92-67-73(65-88-75(80)59-52-45-40-39-43-50-57-70(7)10-3)94-77(82)61-54-47-38-33-32-35-42-49-56-69(6)9-2/h15-17,20,68-73,78H,8-14,18-19,21-67H2,1-7H3,(H,83,84)(H,85,86)/b16-15-,20-17-/t69?,70?,71-,72-,73-/m1/s1. The average Bonchev–Trinajstić information content (AvgIpc) is 3.13. The van der Waals surface area contributed by atoms with Crippen molar-refractivity contribution in [1.29, 1.82) is 0 Å². The molecule has 0 radical (unpaired) electrons. The van der Waals surface area contributed by atoms with E-state index in [9.17, 15) is 43.2 Å². The van der Waals surface area contributed by atoms with Crippen molar-refractivity contribution in [3.05, 3.63) is 24.3 Å². The molecule has 7 atom stereocenters. The number of phosphoric ester groups is 2. The first-order valence-electron chi connectivity index (χ1n) is 39.2. The zero-order valence-corrected chi connectivity index (χ0v) is 64.1. The van der Waals surface area contributed by atoms with Crippen molar-refractivity contribution in [2.75, 3.05) is 39.6 Å². The Morgan fingerprint density at radius 1 is 0.344 bits per heavy atom. The molecule has 17 nitrogen and oxygen atoms in total. The van der Waals surface area contributed by atoms with E-state index in [4.69, 9.17) is 37.0 Å². The Morgan fingerprint density at radius 2 is 0.615 bits per heavy atom. The fourth-order valence-electron chi connectivity index (χ4n) is 11.2. The lowest BCUT2D eigenvalue weighted by Gasteiger charge is -2.21. The first kappa shape index (κ1) is 93.5. The van der Waals surface area contributed by atoms with Crippen molar-refractivity contribution in [3.63, 3.8) is 0 Å². The number of ether oxygens (including phenoxy) is 4. The summed E-state index contributed by atoms with van der Waals surface area (Å²) < 4.78 is 68.5. The van der Waals surface area contributed by atoms with Crippen LogP contribution in [0.5, 0.6) is 0 Å². The van der Waals surface area contributed by atoms with Crippen LogP contribution in [-0.4, -0.2) is 96.7 Å². The molecular weight excluding hydrogens is 1260 g/mol. The van der Waals surface area contributed by atoms with E-state index in [0.29, 0.717) is 25.7 Å². The molecular formula is C77H146O17P2. The zero-order valence-electron chi connectivity index (χ0n) is 62.3. The van der Waals surface area contributed by atoms with Crippen LogP contribution in [0.1, 0.15) is 370 Å². The number of esters is 4. The summed E-state index contributed by atoms with van der Waals surface area (Å²) in [6.45, 7) is 11.8. The first-order chi connectivity index (χ1) is 46.3. The predicted molar refractivity (Wildman–Crippen MR) is 390 cm³/mol. The van der Waals surface area contributed by atoms with Crippen LogP contribution in [0.25, 0.3) is 0 Å². The minimum atomic E-state index is -4.97. The van der Waals surface area contributed by atoms with E-state index >= 15 is 0 Å². The van der Waals surface area contributed by atoms with Crippen molar-refractivity contribution in [1.82, 2.24) is 0 Å². The van der Waals surface area contributed by atoms with Crippen molar-refractivity contribution in [3.8, 4) is 0 Å². The van der Waals surface area contributed by atoms with Gasteiger partial charge in [0.15, 0.2) is 12.2 Å². The Morgan fingerprint density at radius 3 is 0.927 bits per heavy atom. The number of rotatable bonds is 73. The highest BCUT2D eigenvalue weighted by atomic mass is 31.2. The molecule has 0 rings (SSSR count). The Balaban J connectivity index is 5.27. The van der Waals surface area contributed by atoms with Crippen LogP contribution in [0.4, 0.5) is 0 Å². The zero-order chi connectivity index (χ0) is 70.9. The van der Waals surface area contributed by atoms with Gasteiger partial charge in [0.25, 0.3) is 0 Å². The monoisotopic (exact) mass is 1410 g/mol. The summed E-state index contributed by atoms with van der Waals surface area (Å²) in [4.78, 5) is 72.8. The molecule has 0 saturated carbocycles. The Labute approximate surface area is 586 Å². The van der Waals surface area contributed by atoms with Gasteiger partial charge in [0, 0.05) is 25.7 Å². The van der Waals surface area contributed by atoms with Crippen molar-refractivity contribution in [2.24, 2.45) is 17.8 Å². The van der Waals surface area contributed by atoms with E-state index in [0.717, 1.165) is 127 Å². The molecule has 96 heavy (non-hydrogen) atoms. The number of carbonyl (C=O) groups is 4. The summed E-state index contributed by atoms with van der Waals surface area (Å²) in [5, 5.41) is 10.6. The Bertz CT molecular complexity index is 1970. The highest BCUT2D eigenvalue weighted by molar-refractivity contribution is 7.47. The number of hydrogen-bond donors (Lipinski definition) is 3. The number of aliphatic hydroxyl groups excluding tert-OH is 1. The average molecular weight is 1410 g/mol. The minimum Gasteiger partial charge on any atom is -0.462 e. The molecule has 0 fully saturated rings. The van der Waals surface area contributed by atoms with E-state index in [1.807, 2.05) is 0 Å². The summed E-state index contributed by atoms with van der Waals surface area (Å²) in [5.74, 6) is 0.158. The highest BCUT2D eigenvalue weighted by Crippen LogP contribution is 2.45. The van der Waals surface area contributed by atoms with E-state index < -0.39 is 97.5 Å². The molecule has 566 valence electrons. The fraction of sp³-hybridized carbons (Fsp3) is 0.896. The maximum absolute atomic E-state index is 13.1. The lowest BCUT2D eigenvalue weighted by Crippen LogP contribution is -2.30. The van der Waals surface area contributed by atoms with Gasteiger partial charge in [-0.05, 0) is 69.1 Å². The van der Waals surface area contributed by atoms with Gasteiger partial charge in [-0.1, -0.05) is 317 Å². The maximum atomic E-state index is 13.1. The minimum absolute atomic E-state index is 0.0849. The maximum Gasteiger partial charge on any atom is 0.472 e. The van der Waals surface area contributed by atoms with Crippen molar-refractivity contribution in [2.45, 2.75) is 388 Å². The summed E-state index contributed by atoms with van der Waals surface area (Å²) >= 11 is 0. The van der Waals surface area contributed by atoms with E-state index in [1.165, 1.54) is 161 Å². The third kappa shape index (κ3) is 67.4. The molecule has 0 aliphatic carbocycles. The molecule has 0 aliphatic heterocycles.